The van der Waals surface area contributed by atoms with E-state index in [1.54, 1.807) is 6.07 Å². The molecule has 0 saturated carbocycles. The summed E-state index contributed by atoms with van der Waals surface area (Å²) in [5.74, 6) is -0.389. The highest BCUT2D eigenvalue weighted by Gasteiger charge is 1.96. The Morgan fingerprint density at radius 3 is 2.40 bits per heavy atom. The summed E-state index contributed by atoms with van der Waals surface area (Å²) in [7, 11) is 0. The number of halogens is 3. The van der Waals surface area contributed by atoms with Gasteiger partial charge in [-0.2, -0.15) is 0 Å². The van der Waals surface area contributed by atoms with Crippen molar-refractivity contribution in [3.05, 3.63) is 33.5 Å². The number of hydrogen-bond acceptors (Lipinski definition) is 0. The van der Waals surface area contributed by atoms with E-state index in [1.165, 1.54) is 12.1 Å². The van der Waals surface area contributed by atoms with Crippen molar-refractivity contribution in [1.29, 1.82) is 0 Å². The maximum atomic E-state index is 12.3. The molecule has 0 unspecified atom stereocenters. The normalized spacial score (nSPS) is 8.70. The van der Waals surface area contributed by atoms with Gasteiger partial charge >= 0.3 is 0 Å². The number of benzene rings is 1. The highest BCUT2D eigenvalue weighted by molar-refractivity contribution is 9.10. The van der Waals surface area contributed by atoms with Crippen molar-refractivity contribution in [1.82, 2.24) is 0 Å². The summed E-state index contributed by atoms with van der Waals surface area (Å²) < 4.78 is 13.1. The second kappa shape index (κ2) is 4.54. The van der Waals surface area contributed by atoms with Crippen molar-refractivity contribution in [2.45, 2.75) is 0 Å². The van der Waals surface area contributed by atoms with Gasteiger partial charge in [0.2, 0.25) is 0 Å². The predicted octanol–water partition coefficient (Wildman–Crippen LogP) is 2.86. The predicted molar refractivity (Wildman–Crippen MR) is 44.9 cm³/mol. The molecule has 0 fully saturated rings. The summed E-state index contributed by atoms with van der Waals surface area (Å²) in [6, 6.07) is 4.42. The molecule has 1 aromatic carbocycles. The van der Waals surface area contributed by atoms with Crippen molar-refractivity contribution >= 4 is 50.6 Å². The molecule has 0 N–H and O–H groups in total. The van der Waals surface area contributed by atoms with Crippen molar-refractivity contribution < 1.29 is 4.39 Å². The SMILES string of the molecule is Fc1ccc(Br)cc1Cl.[Mg]. The van der Waals surface area contributed by atoms with Crippen LogP contribution in [0.1, 0.15) is 0 Å². The van der Waals surface area contributed by atoms with Gasteiger partial charge in [-0.3, -0.25) is 0 Å². The van der Waals surface area contributed by atoms with Gasteiger partial charge in [0.25, 0.3) is 0 Å². The molecule has 0 saturated heterocycles. The first-order chi connectivity index (χ1) is 4.20. The molecule has 4 heteroatoms. The zero-order valence-corrected chi connectivity index (χ0v) is 8.83. The Morgan fingerprint density at radius 2 is 2.00 bits per heavy atom. The van der Waals surface area contributed by atoms with Gasteiger partial charge in [-0.1, -0.05) is 27.5 Å². The molecule has 1 aromatic rings. The van der Waals surface area contributed by atoms with Gasteiger partial charge in [0.05, 0.1) is 5.02 Å². The second-order valence-electron chi connectivity index (χ2n) is 1.56. The molecular weight excluding hydrogens is 231 g/mol. The van der Waals surface area contributed by atoms with E-state index in [0.717, 1.165) is 4.47 Å². The summed E-state index contributed by atoms with van der Waals surface area (Å²) in [5, 5.41) is 0.143. The van der Waals surface area contributed by atoms with E-state index >= 15 is 0 Å². The first-order valence-corrected chi connectivity index (χ1v) is 3.48. The standard InChI is InChI=1S/C6H3BrClF.Mg/c7-4-1-2-6(9)5(8)3-4;/h1-3H;. The van der Waals surface area contributed by atoms with E-state index in [0.29, 0.717) is 0 Å². The molecule has 0 amide bonds. The third kappa shape index (κ3) is 2.74. The van der Waals surface area contributed by atoms with E-state index in [1.807, 2.05) is 0 Å². The Balaban J connectivity index is 0.000000810. The fourth-order valence-corrected chi connectivity index (χ4v) is 1.14. The van der Waals surface area contributed by atoms with E-state index in [9.17, 15) is 4.39 Å². The lowest BCUT2D eigenvalue weighted by Crippen LogP contribution is -1.73. The lowest BCUT2D eigenvalue weighted by molar-refractivity contribution is 0.628. The molecule has 2 radical (unpaired) electrons. The number of hydrogen-bond donors (Lipinski definition) is 0. The monoisotopic (exact) mass is 232 g/mol. The fourth-order valence-electron chi connectivity index (χ4n) is 0.470. The van der Waals surface area contributed by atoms with E-state index < -0.39 is 0 Å². The van der Waals surface area contributed by atoms with Gasteiger partial charge < -0.3 is 0 Å². The molecule has 0 aliphatic carbocycles. The van der Waals surface area contributed by atoms with Crippen molar-refractivity contribution in [2.24, 2.45) is 0 Å². The Labute approximate surface area is 88.0 Å². The molecule has 10 heavy (non-hydrogen) atoms. The first kappa shape index (κ1) is 10.7. The molecular formula is C6H3BrClFMg. The van der Waals surface area contributed by atoms with Crippen LogP contribution in [0.4, 0.5) is 4.39 Å². The van der Waals surface area contributed by atoms with Crippen LogP contribution in [0.15, 0.2) is 22.7 Å². The Bertz CT molecular complexity index is 229. The smallest absolute Gasteiger partial charge is 0.141 e. The molecule has 50 valence electrons. The van der Waals surface area contributed by atoms with Crippen molar-refractivity contribution in [2.75, 3.05) is 0 Å². The van der Waals surface area contributed by atoms with Crippen LogP contribution < -0.4 is 0 Å². The first-order valence-electron chi connectivity index (χ1n) is 2.30. The maximum absolute atomic E-state index is 12.3. The van der Waals surface area contributed by atoms with E-state index in [2.05, 4.69) is 15.9 Å². The molecule has 0 atom stereocenters. The maximum Gasteiger partial charge on any atom is 0.141 e. The fraction of sp³-hybridized carbons (Fsp3) is 0. The topological polar surface area (TPSA) is 0 Å². The van der Waals surface area contributed by atoms with Crippen LogP contribution in [0, 0.1) is 5.82 Å². The van der Waals surface area contributed by atoms with Crippen LogP contribution in [0.5, 0.6) is 0 Å². The minimum absolute atomic E-state index is 0. The summed E-state index contributed by atoms with van der Waals surface area (Å²) in [6.07, 6.45) is 0. The Kier molecular flexibility index (Phi) is 4.85. The largest absolute Gasteiger partial charge is 0.205 e. The Hall–Kier alpha value is 0.686. The number of rotatable bonds is 0. The second-order valence-corrected chi connectivity index (χ2v) is 2.88. The molecule has 0 heterocycles. The molecule has 0 aromatic heterocycles. The van der Waals surface area contributed by atoms with Gasteiger partial charge in [-0.05, 0) is 18.2 Å². The van der Waals surface area contributed by atoms with Crippen molar-refractivity contribution in [3.63, 3.8) is 0 Å². The molecule has 0 bridgehead atoms. The quantitative estimate of drug-likeness (QED) is 0.478. The molecule has 1 rings (SSSR count). The van der Waals surface area contributed by atoms with Crippen LogP contribution in [0.3, 0.4) is 0 Å². The molecule has 0 aliphatic rings. The van der Waals surface area contributed by atoms with Gasteiger partial charge in [-0.15, -0.1) is 0 Å². The van der Waals surface area contributed by atoms with E-state index in [-0.39, 0.29) is 33.9 Å². The molecule has 0 spiro atoms. The van der Waals surface area contributed by atoms with Crippen LogP contribution in [0.2, 0.25) is 5.02 Å². The van der Waals surface area contributed by atoms with E-state index in [4.69, 9.17) is 11.6 Å². The third-order valence-electron chi connectivity index (χ3n) is 0.882. The lowest BCUT2D eigenvalue weighted by atomic mass is 10.3. The average molecular weight is 234 g/mol. The minimum Gasteiger partial charge on any atom is -0.205 e. The van der Waals surface area contributed by atoms with Gasteiger partial charge in [-0.25, -0.2) is 4.39 Å². The molecule has 0 aliphatic heterocycles. The highest BCUT2D eigenvalue weighted by Crippen LogP contribution is 2.19. The average Bonchev–Trinajstić information content (AvgIpc) is 1.80. The van der Waals surface area contributed by atoms with Gasteiger partial charge in [0, 0.05) is 27.5 Å². The lowest BCUT2D eigenvalue weighted by Gasteiger charge is -1.91. The summed E-state index contributed by atoms with van der Waals surface area (Å²) >= 11 is 8.55. The van der Waals surface area contributed by atoms with Gasteiger partial charge in [0.15, 0.2) is 0 Å². The zero-order chi connectivity index (χ0) is 6.85. The summed E-state index contributed by atoms with van der Waals surface area (Å²) in [5.41, 5.74) is 0. The van der Waals surface area contributed by atoms with Crippen molar-refractivity contribution in [3.8, 4) is 0 Å². The van der Waals surface area contributed by atoms with Gasteiger partial charge in [0.1, 0.15) is 5.82 Å². The van der Waals surface area contributed by atoms with Crippen LogP contribution >= 0.6 is 27.5 Å². The highest BCUT2D eigenvalue weighted by atomic mass is 79.9. The molecule has 0 nitrogen and oxygen atoms in total. The van der Waals surface area contributed by atoms with Crippen LogP contribution in [-0.4, -0.2) is 23.1 Å². The third-order valence-corrected chi connectivity index (χ3v) is 1.66. The zero-order valence-electron chi connectivity index (χ0n) is 5.07. The minimum atomic E-state index is -0.389. The summed E-state index contributed by atoms with van der Waals surface area (Å²) in [4.78, 5) is 0. The summed E-state index contributed by atoms with van der Waals surface area (Å²) in [6.45, 7) is 0. The van der Waals surface area contributed by atoms with Crippen LogP contribution in [0.25, 0.3) is 0 Å². The van der Waals surface area contributed by atoms with Crippen LogP contribution in [-0.2, 0) is 0 Å². The Morgan fingerprint density at radius 1 is 1.40 bits per heavy atom.